The predicted molar refractivity (Wildman–Crippen MR) is 118 cm³/mol. The lowest BCUT2D eigenvalue weighted by molar-refractivity contribution is 0.635. The van der Waals surface area contributed by atoms with Gasteiger partial charge in [-0.05, 0) is 44.9 Å². The van der Waals surface area contributed by atoms with Gasteiger partial charge in [-0.25, -0.2) is 9.36 Å². The van der Waals surface area contributed by atoms with E-state index in [0.717, 1.165) is 44.9 Å². The molecule has 2 aromatic carbocycles. The van der Waals surface area contributed by atoms with Crippen molar-refractivity contribution in [2.24, 2.45) is 0 Å². The normalized spacial score (nSPS) is 13.6. The Hall–Kier alpha value is -3.24. The molecule has 1 aliphatic rings. The maximum Gasteiger partial charge on any atom is 0.327 e. The van der Waals surface area contributed by atoms with Crippen LogP contribution in [0.3, 0.4) is 0 Å². The van der Waals surface area contributed by atoms with Gasteiger partial charge in [0, 0.05) is 13.1 Å². The minimum Gasteiger partial charge on any atom is -0.356 e. The molecule has 8 nitrogen and oxygen atoms in total. The number of hydrogen-bond acceptors (Lipinski definition) is 8. The van der Waals surface area contributed by atoms with E-state index in [-0.39, 0.29) is 9.75 Å². The van der Waals surface area contributed by atoms with Crippen LogP contribution >= 0.6 is 22.7 Å². The van der Waals surface area contributed by atoms with E-state index in [1.165, 1.54) is 9.36 Å². The lowest BCUT2D eigenvalue weighted by Crippen LogP contribution is -2.20. The molecule has 0 saturated heterocycles. The second-order valence-electron chi connectivity index (χ2n) is 6.91. The largest absolute Gasteiger partial charge is 0.356 e. The maximum atomic E-state index is 12.5. The molecule has 0 atom stereocenters. The van der Waals surface area contributed by atoms with Gasteiger partial charge in [-0.2, -0.15) is 0 Å². The second-order valence-corrected chi connectivity index (χ2v) is 8.79. The second kappa shape index (κ2) is 7.88. The first-order chi connectivity index (χ1) is 14.7. The van der Waals surface area contributed by atoms with Crippen molar-refractivity contribution in [2.45, 2.75) is 26.2 Å². The SMILES string of the molecule is O=c1sc2nn1Cc1ccccc1Cn1nc(sc1=O)NCc1ccccc1CN2. The Balaban J connectivity index is 1.58. The van der Waals surface area contributed by atoms with Crippen molar-refractivity contribution in [3.05, 3.63) is 90.1 Å². The average Bonchev–Trinajstić information content (AvgIpc) is 3.28. The molecular formula is C20H18N6O2S2. The molecule has 0 fully saturated rings. The van der Waals surface area contributed by atoms with Gasteiger partial charge in [-0.3, -0.25) is 9.59 Å². The molecule has 3 heterocycles. The fraction of sp³-hybridized carbons (Fsp3) is 0.200. The van der Waals surface area contributed by atoms with Gasteiger partial charge < -0.3 is 10.6 Å². The van der Waals surface area contributed by atoms with Crippen LogP contribution in [0.25, 0.3) is 0 Å². The number of rotatable bonds is 0. The van der Waals surface area contributed by atoms with Crippen LogP contribution in [0.1, 0.15) is 22.3 Å². The van der Waals surface area contributed by atoms with Crippen LogP contribution in [0.5, 0.6) is 0 Å². The zero-order valence-corrected chi connectivity index (χ0v) is 17.5. The molecule has 0 amide bonds. The van der Waals surface area contributed by atoms with E-state index < -0.39 is 0 Å². The summed E-state index contributed by atoms with van der Waals surface area (Å²) in [6.07, 6.45) is 0. The number of aromatic nitrogens is 4. The summed E-state index contributed by atoms with van der Waals surface area (Å²) in [6.45, 7) is 1.78. The number of benzene rings is 2. The lowest BCUT2D eigenvalue weighted by atomic mass is 10.1. The zero-order valence-electron chi connectivity index (χ0n) is 15.9. The van der Waals surface area contributed by atoms with Gasteiger partial charge in [0.25, 0.3) is 0 Å². The molecule has 4 bridgehead atoms. The smallest absolute Gasteiger partial charge is 0.327 e. The monoisotopic (exact) mass is 438 g/mol. The highest BCUT2D eigenvalue weighted by molar-refractivity contribution is 7.13. The summed E-state index contributed by atoms with van der Waals surface area (Å²) in [6, 6.07) is 15.7. The van der Waals surface area contributed by atoms with E-state index in [9.17, 15) is 9.59 Å². The maximum absolute atomic E-state index is 12.5. The number of fused-ring (bicyclic) bond motifs is 6. The Bertz CT molecular complexity index is 1220. The molecule has 152 valence electrons. The van der Waals surface area contributed by atoms with Crippen molar-refractivity contribution in [3.8, 4) is 0 Å². The summed E-state index contributed by atoms with van der Waals surface area (Å²) in [7, 11) is 0. The molecule has 5 rings (SSSR count). The molecule has 1 aliphatic heterocycles. The van der Waals surface area contributed by atoms with Crippen LogP contribution in [-0.4, -0.2) is 19.6 Å². The minimum atomic E-state index is -0.125. The molecule has 0 aliphatic carbocycles. The molecular weight excluding hydrogens is 420 g/mol. The van der Waals surface area contributed by atoms with E-state index in [0.29, 0.717) is 36.4 Å². The Morgan fingerprint density at radius 2 is 1.07 bits per heavy atom. The molecule has 0 unspecified atom stereocenters. The van der Waals surface area contributed by atoms with Crippen LogP contribution in [0, 0.1) is 0 Å². The Kier molecular flexibility index (Phi) is 4.93. The predicted octanol–water partition coefficient (Wildman–Crippen LogP) is 2.56. The Morgan fingerprint density at radius 3 is 1.50 bits per heavy atom. The zero-order chi connectivity index (χ0) is 20.5. The molecule has 0 radical (unpaired) electrons. The van der Waals surface area contributed by atoms with E-state index in [1.54, 1.807) is 0 Å². The lowest BCUT2D eigenvalue weighted by Gasteiger charge is -2.11. The summed E-state index contributed by atoms with van der Waals surface area (Å²) in [5, 5.41) is 16.6. The number of nitrogens with one attached hydrogen (secondary N) is 2. The minimum absolute atomic E-state index is 0.125. The van der Waals surface area contributed by atoms with Gasteiger partial charge in [0.2, 0.25) is 10.3 Å². The Morgan fingerprint density at radius 1 is 0.667 bits per heavy atom. The van der Waals surface area contributed by atoms with Gasteiger partial charge >= 0.3 is 9.75 Å². The summed E-state index contributed by atoms with van der Waals surface area (Å²) < 4.78 is 2.92. The van der Waals surface area contributed by atoms with Crippen molar-refractivity contribution < 1.29 is 0 Å². The number of hydrogen-bond donors (Lipinski definition) is 2. The highest BCUT2D eigenvalue weighted by atomic mass is 32.1. The van der Waals surface area contributed by atoms with Crippen LogP contribution in [-0.2, 0) is 26.2 Å². The van der Waals surface area contributed by atoms with Crippen molar-refractivity contribution in [1.82, 2.24) is 19.6 Å². The van der Waals surface area contributed by atoms with Crippen molar-refractivity contribution in [3.63, 3.8) is 0 Å². The van der Waals surface area contributed by atoms with Gasteiger partial charge in [-0.15, -0.1) is 10.2 Å². The van der Waals surface area contributed by atoms with Crippen LogP contribution in [0.2, 0.25) is 0 Å². The molecule has 30 heavy (non-hydrogen) atoms. The molecule has 0 spiro atoms. The van der Waals surface area contributed by atoms with E-state index >= 15 is 0 Å². The van der Waals surface area contributed by atoms with E-state index in [1.807, 2.05) is 48.5 Å². The molecule has 10 heteroatoms. The number of anilines is 2. The van der Waals surface area contributed by atoms with E-state index in [2.05, 4.69) is 20.8 Å². The number of nitrogens with zero attached hydrogens (tertiary/aromatic N) is 4. The third-order valence-corrected chi connectivity index (χ3v) is 6.56. The van der Waals surface area contributed by atoms with Gasteiger partial charge in [-0.1, -0.05) is 48.5 Å². The first-order valence-electron chi connectivity index (χ1n) is 9.43. The molecule has 2 aromatic heterocycles. The highest BCUT2D eigenvalue weighted by Crippen LogP contribution is 2.18. The first-order valence-corrected chi connectivity index (χ1v) is 11.1. The quantitative estimate of drug-likeness (QED) is 0.438. The van der Waals surface area contributed by atoms with Crippen LogP contribution < -0.4 is 20.4 Å². The standard InChI is InChI=1S/C20H18N6O2S2/c27-19-25-11-15-7-3-4-8-16(15)12-26-20(28)30-18(24-26)22-10-14-6-2-1-5-13(14)9-21-17(23-25)29-19/h1-8H,9-12H2,(H,21,23)(H,22,24). The summed E-state index contributed by atoms with van der Waals surface area (Å²) >= 11 is 2.19. The third kappa shape index (κ3) is 3.79. The van der Waals surface area contributed by atoms with Crippen molar-refractivity contribution in [1.29, 1.82) is 0 Å². The fourth-order valence-electron chi connectivity index (χ4n) is 3.39. The first kappa shape index (κ1) is 18.8. The van der Waals surface area contributed by atoms with Crippen molar-refractivity contribution >= 4 is 32.9 Å². The molecule has 0 saturated carbocycles. The molecule has 2 N–H and O–H groups in total. The average molecular weight is 439 g/mol. The van der Waals surface area contributed by atoms with Gasteiger partial charge in [0.05, 0.1) is 13.1 Å². The third-order valence-electron chi connectivity index (χ3n) is 4.95. The topological polar surface area (TPSA) is 93.8 Å². The van der Waals surface area contributed by atoms with Crippen molar-refractivity contribution in [2.75, 3.05) is 10.6 Å². The van der Waals surface area contributed by atoms with Crippen LogP contribution in [0.15, 0.2) is 58.1 Å². The van der Waals surface area contributed by atoms with E-state index in [4.69, 9.17) is 0 Å². The molecule has 4 aromatic rings. The van der Waals surface area contributed by atoms with Crippen LogP contribution in [0.4, 0.5) is 10.3 Å². The fourth-order valence-corrected chi connectivity index (χ4v) is 4.71. The summed E-state index contributed by atoms with van der Waals surface area (Å²) in [5.41, 5.74) is 4.04. The Labute approximate surface area is 179 Å². The summed E-state index contributed by atoms with van der Waals surface area (Å²) in [5.74, 6) is 0. The highest BCUT2D eigenvalue weighted by Gasteiger charge is 2.14. The van der Waals surface area contributed by atoms with Gasteiger partial charge in [0.15, 0.2) is 0 Å². The van der Waals surface area contributed by atoms with Gasteiger partial charge in [0.1, 0.15) is 0 Å². The summed E-state index contributed by atoms with van der Waals surface area (Å²) in [4.78, 5) is 24.7.